The van der Waals surface area contributed by atoms with Gasteiger partial charge in [0.2, 0.25) is 15.4 Å². The quantitative estimate of drug-likeness (QED) is 0.513. The van der Waals surface area contributed by atoms with Gasteiger partial charge in [0.05, 0.1) is 17.7 Å². The molecule has 6 heteroatoms. The Morgan fingerprint density at radius 1 is 0.857 bits per heavy atom. The highest BCUT2D eigenvalue weighted by Gasteiger charge is 2.22. The van der Waals surface area contributed by atoms with Crippen LogP contribution in [0.5, 0.6) is 5.75 Å². The first-order valence-electron chi connectivity index (χ1n) is 8.60. The maximum absolute atomic E-state index is 13.2. The highest BCUT2D eigenvalue weighted by molar-refractivity contribution is 7.91. The number of hydrogen-bond donors (Lipinski definition) is 0. The number of hydrogen-bond acceptors (Lipinski definition) is 5. The number of nitrogens with zero attached hydrogens (tertiary/aromatic N) is 1. The Balaban J connectivity index is 1.99. The van der Waals surface area contributed by atoms with Crippen LogP contribution in [0.1, 0.15) is 0 Å². The fourth-order valence-corrected chi connectivity index (χ4v) is 4.19. The van der Waals surface area contributed by atoms with Crippen LogP contribution >= 0.6 is 0 Å². The Labute approximate surface area is 162 Å². The molecule has 0 aliphatic carbocycles. The first-order valence-corrected chi connectivity index (χ1v) is 10.1. The van der Waals surface area contributed by atoms with Gasteiger partial charge in [-0.3, -0.25) is 0 Å². The lowest BCUT2D eigenvalue weighted by Crippen LogP contribution is -2.15. The third kappa shape index (κ3) is 3.42. The second kappa shape index (κ2) is 7.32. The minimum absolute atomic E-state index is 0.0215. The molecule has 0 aliphatic rings. The van der Waals surface area contributed by atoms with Crippen molar-refractivity contribution in [3.63, 3.8) is 0 Å². The van der Waals surface area contributed by atoms with Crippen molar-refractivity contribution < 1.29 is 17.6 Å². The van der Waals surface area contributed by atoms with Gasteiger partial charge in [0.15, 0.2) is 0 Å². The Hall–Kier alpha value is -3.38. The second-order valence-corrected chi connectivity index (χ2v) is 8.00. The molecule has 0 aliphatic heterocycles. The van der Waals surface area contributed by atoms with Gasteiger partial charge in [0.1, 0.15) is 16.2 Å². The molecule has 0 fully saturated rings. The third-order valence-electron chi connectivity index (χ3n) is 4.27. The predicted octanol–water partition coefficient (Wildman–Crippen LogP) is 4.51. The molecule has 0 saturated heterocycles. The third-order valence-corrected chi connectivity index (χ3v) is 6.03. The molecule has 0 radical (unpaired) electrons. The Morgan fingerprint density at radius 2 is 1.54 bits per heavy atom. The van der Waals surface area contributed by atoms with E-state index < -0.39 is 9.84 Å². The lowest BCUT2D eigenvalue weighted by molar-refractivity contribution is 0.415. The zero-order valence-electron chi connectivity index (χ0n) is 15.1. The van der Waals surface area contributed by atoms with Crippen molar-refractivity contribution in [3.8, 4) is 5.75 Å². The highest BCUT2D eigenvalue weighted by atomic mass is 32.2. The molecule has 1 aromatic heterocycles. The Kier molecular flexibility index (Phi) is 4.71. The van der Waals surface area contributed by atoms with Crippen LogP contribution in [-0.2, 0) is 9.84 Å². The largest absolute Gasteiger partial charge is 0.497 e. The van der Waals surface area contributed by atoms with Crippen molar-refractivity contribution in [1.82, 2.24) is 0 Å². The number of rotatable bonds is 4. The highest BCUT2D eigenvalue weighted by Crippen LogP contribution is 2.23. The molecule has 5 nitrogen and oxygen atoms in total. The maximum atomic E-state index is 13.2. The van der Waals surface area contributed by atoms with Crippen LogP contribution < -0.4 is 10.3 Å². The molecule has 0 atom stereocenters. The van der Waals surface area contributed by atoms with Crippen LogP contribution in [0.4, 0.5) is 5.69 Å². The van der Waals surface area contributed by atoms with Crippen LogP contribution in [0, 0.1) is 0 Å². The SMILES string of the molecule is COc1ccc(N=c2oc3ccccc3cc2S(=O)(=O)c2ccccc2)cc1. The Morgan fingerprint density at radius 3 is 2.25 bits per heavy atom. The van der Waals surface area contributed by atoms with Crippen LogP contribution in [0.15, 0.2) is 104 Å². The summed E-state index contributed by atoms with van der Waals surface area (Å²) >= 11 is 0. The fraction of sp³-hybridized carbons (Fsp3) is 0.0455. The molecule has 3 aromatic carbocycles. The molecular formula is C22H17NO4S. The van der Waals surface area contributed by atoms with Gasteiger partial charge < -0.3 is 9.15 Å². The molecule has 4 aromatic rings. The van der Waals surface area contributed by atoms with E-state index in [1.807, 2.05) is 12.1 Å². The summed E-state index contributed by atoms with van der Waals surface area (Å²) in [7, 11) is -2.23. The van der Waals surface area contributed by atoms with E-state index in [0.29, 0.717) is 22.4 Å². The topological polar surface area (TPSA) is 68.9 Å². The monoisotopic (exact) mass is 391 g/mol. The zero-order valence-corrected chi connectivity index (χ0v) is 15.9. The van der Waals surface area contributed by atoms with Gasteiger partial charge in [-0.15, -0.1) is 0 Å². The normalized spacial score (nSPS) is 12.2. The summed E-state index contributed by atoms with van der Waals surface area (Å²) in [5.41, 5.74) is 1.15. The Bertz CT molecular complexity index is 1290. The van der Waals surface area contributed by atoms with E-state index in [4.69, 9.17) is 9.15 Å². The number of fused-ring (bicyclic) bond motifs is 1. The smallest absolute Gasteiger partial charge is 0.239 e. The van der Waals surface area contributed by atoms with E-state index in [0.717, 1.165) is 0 Å². The molecular weight excluding hydrogens is 374 g/mol. The summed E-state index contributed by atoms with van der Waals surface area (Å²) in [6, 6.07) is 24.1. The molecule has 0 saturated carbocycles. The molecule has 0 unspecified atom stereocenters. The van der Waals surface area contributed by atoms with Gasteiger partial charge in [-0.1, -0.05) is 36.4 Å². The fourth-order valence-electron chi connectivity index (χ4n) is 2.82. The lowest BCUT2D eigenvalue weighted by Gasteiger charge is -2.07. The van der Waals surface area contributed by atoms with Gasteiger partial charge >= 0.3 is 0 Å². The minimum Gasteiger partial charge on any atom is -0.497 e. The van der Waals surface area contributed by atoms with Crippen LogP contribution in [-0.4, -0.2) is 15.5 Å². The summed E-state index contributed by atoms with van der Waals surface area (Å²) in [5, 5.41) is 0.686. The first kappa shape index (κ1) is 18.0. The summed E-state index contributed by atoms with van der Waals surface area (Å²) in [6.45, 7) is 0. The van der Waals surface area contributed by atoms with Crippen LogP contribution in [0.2, 0.25) is 0 Å². The van der Waals surface area contributed by atoms with Gasteiger partial charge in [-0.25, -0.2) is 13.4 Å². The van der Waals surface area contributed by atoms with Crippen molar-refractivity contribution in [1.29, 1.82) is 0 Å². The van der Waals surface area contributed by atoms with E-state index in [1.165, 1.54) is 0 Å². The van der Waals surface area contributed by atoms with Crippen molar-refractivity contribution in [3.05, 3.63) is 90.5 Å². The maximum Gasteiger partial charge on any atom is 0.239 e. The summed E-state index contributed by atoms with van der Waals surface area (Å²) in [6.07, 6.45) is 0. The van der Waals surface area contributed by atoms with Gasteiger partial charge in [0, 0.05) is 5.39 Å². The number of methoxy groups -OCH3 is 1. The van der Waals surface area contributed by atoms with Gasteiger partial charge in [0.25, 0.3) is 0 Å². The van der Waals surface area contributed by atoms with Gasteiger partial charge in [-0.2, -0.15) is 0 Å². The van der Waals surface area contributed by atoms with Crippen molar-refractivity contribution in [2.24, 2.45) is 4.99 Å². The summed E-state index contributed by atoms with van der Waals surface area (Å²) in [5.74, 6) is 0.687. The van der Waals surface area contributed by atoms with Crippen molar-refractivity contribution >= 4 is 26.5 Å². The van der Waals surface area contributed by atoms with Crippen LogP contribution in [0.25, 0.3) is 11.0 Å². The molecule has 140 valence electrons. The predicted molar refractivity (Wildman–Crippen MR) is 106 cm³/mol. The van der Waals surface area contributed by atoms with Gasteiger partial charge in [-0.05, 0) is 48.5 Å². The number of para-hydroxylation sites is 1. The molecule has 4 rings (SSSR count). The average Bonchev–Trinajstić information content (AvgIpc) is 2.74. The standard InChI is InChI=1S/C22H17NO4S/c1-26-18-13-11-17(12-14-18)23-22-21(15-16-7-5-6-10-20(16)27-22)28(24,25)19-8-3-2-4-9-19/h2-15H,1H3. The number of ether oxygens (including phenoxy) is 1. The van der Waals surface area contributed by atoms with E-state index in [-0.39, 0.29) is 15.3 Å². The lowest BCUT2D eigenvalue weighted by atomic mass is 10.2. The van der Waals surface area contributed by atoms with E-state index in [1.54, 1.807) is 79.9 Å². The molecule has 0 N–H and O–H groups in total. The zero-order chi connectivity index (χ0) is 19.6. The second-order valence-electron chi connectivity index (χ2n) is 6.08. The van der Waals surface area contributed by atoms with E-state index in [2.05, 4.69) is 4.99 Å². The summed E-state index contributed by atoms with van der Waals surface area (Å²) < 4.78 is 37.5. The number of sulfone groups is 1. The minimum atomic E-state index is -3.81. The molecule has 0 amide bonds. The number of benzene rings is 3. The van der Waals surface area contributed by atoms with Crippen molar-refractivity contribution in [2.45, 2.75) is 9.79 Å². The summed E-state index contributed by atoms with van der Waals surface area (Å²) in [4.78, 5) is 4.67. The molecule has 28 heavy (non-hydrogen) atoms. The molecule has 0 bridgehead atoms. The average molecular weight is 391 g/mol. The van der Waals surface area contributed by atoms with E-state index in [9.17, 15) is 8.42 Å². The molecule has 0 spiro atoms. The molecule has 1 heterocycles. The van der Waals surface area contributed by atoms with Crippen LogP contribution in [0.3, 0.4) is 0 Å². The van der Waals surface area contributed by atoms with Crippen molar-refractivity contribution in [2.75, 3.05) is 7.11 Å². The van der Waals surface area contributed by atoms with E-state index >= 15 is 0 Å². The first-order chi connectivity index (χ1) is 13.6.